The molecule has 2 atom stereocenters. The summed E-state index contributed by atoms with van der Waals surface area (Å²) < 4.78 is 41.7. The van der Waals surface area contributed by atoms with Crippen molar-refractivity contribution in [2.75, 3.05) is 13.1 Å². The Balaban J connectivity index is 0.00000729. The Morgan fingerprint density at radius 1 is 1.29 bits per heavy atom. The van der Waals surface area contributed by atoms with Gasteiger partial charge in [0, 0.05) is 45.0 Å². The molecule has 0 fully saturated rings. The quantitative estimate of drug-likeness (QED) is 0.265. The zero-order valence-electron chi connectivity index (χ0n) is 17.2. The van der Waals surface area contributed by atoms with E-state index in [1.54, 1.807) is 0 Å². The van der Waals surface area contributed by atoms with E-state index in [2.05, 4.69) is 34.5 Å². The fourth-order valence-corrected chi connectivity index (χ4v) is 2.68. The van der Waals surface area contributed by atoms with Gasteiger partial charge in [-0.05, 0) is 32.6 Å². The fraction of sp³-hybridized carbons (Fsp3) is 0.778. The Kier molecular flexibility index (Phi) is 11.4. The fourth-order valence-electron chi connectivity index (χ4n) is 2.68. The minimum absolute atomic E-state index is 0. The Labute approximate surface area is 182 Å². The van der Waals surface area contributed by atoms with Gasteiger partial charge >= 0.3 is 6.18 Å². The molecule has 0 aliphatic carbocycles. The number of imidazole rings is 1. The van der Waals surface area contributed by atoms with E-state index in [1.807, 2.05) is 13.8 Å². The normalized spacial score (nSPS) is 15.7. The van der Waals surface area contributed by atoms with Crippen molar-refractivity contribution in [2.45, 2.75) is 64.8 Å². The van der Waals surface area contributed by atoms with Gasteiger partial charge in [0.05, 0.1) is 0 Å². The van der Waals surface area contributed by atoms with Gasteiger partial charge in [-0.3, -0.25) is 4.99 Å². The van der Waals surface area contributed by atoms with Crippen molar-refractivity contribution < 1.29 is 18.3 Å². The number of rotatable bonds is 9. The Morgan fingerprint density at radius 3 is 2.39 bits per heavy atom. The number of nitrogens with one attached hydrogen (secondary N) is 2. The lowest BCUT2D eigenvalue weighted by Gasteiger charge is -2.29. The number of aryl methyl sites for hydroxylation is 1. The number of hydrogen-bond acceptors (Lipinski definition) is 3. The zero-order chi connectivity index (χ0) is 20.7. The molecule has 0 aliphatic heterocycles. The van der Waals surface area contributed by atoms with Crippen molar-refractivity contribution in [1.29, 1.82) is 0 Å². The molecule has 1 aromatic heterocycles. The first-order chi connectivity index (χ1) is 12.5. The van der Waals surface area contributed by atoms with Gasteiger partial charge in [-0.15, -0.1) is 24.0 Å². The standard InChI is InChI=1S/C18H32F3N5O.HI/c1-6-22-16(25-14(4)8-7-13(2)3)24-10-9-17(27,18(19,20)21)15-23-11-12-26(15)5;/h11-14,27H,6-10H2,1-5H3,(H2,22,24,25);1H. The van der Waals surface area contributed by atoms with E-state index in [1.165, 1.54) is 24.0 Å². The first kappa shape index (κ1) is 27.0. The predicted octanol–water partition coefficient (Wildman–Crippen LogP) is 3.56. The maximum absolute atomic E-state index is 13.5. The second-order valence-electron chi connectivity index (χ2n) is 7.25. The largest absolute Gasteiger partial charge is 0.424 e. The van der Waals surface area contributed by atoms with E-state index in [0.29, 0.717) is 18.4 Å². The topological polar surface area (TPSA) is 74.5 Å². The maximum atomic E-state index is 13.5. The molecule has 0 radical (unpaired) electrons. The van der Waals surface area contributed by atoms with E-state index in [4.69, 9.17) is 0 Å². The number of halogens is 4. The zero-order valence-corrected chi connectivity index (χ0v) is 19.5. The molecule has 2 unspecified atom stereocenters. The van der Waals surface area contributed by atoms with Crippen LogP contribution in [-0.2, 0) is 12.6 Å². The number of aliphatic hydroxyl groups is 1. The smallest absolute Gasteiger partial charge is 0.374 e. The summed E-state index contributed by atoms with van der Waals surface area (Å²) in [5.41, 5.74) is -3.05. The Morgan fingerprint density at radius 2 is 1.93 bits per heavy atom. The molecule has 6 nitrogen and oxygen atoms in total. The van der Waals surface area contributed by atoms with Crippen LogP contribution in [0, 0.1) is 5.92 Å². The van der Waals surface area contributed by atoms with Crippen molar-refractivity contribution in [2.24, 2.45) is 18.0 Å². The molecule has 1 rings (SSSR count). The summed E-state index contributed by atoms with van der Waals surface area (Å²) in [6.07, 6.45) is -0.882. The van der Waals surface area contributed by atoms with Crippen LogP contribution in [0.2, 0.25) is 0 Å². The molecule has 10 heteroatoms. The summed E-state index contributed by atoms with van der Waals surface area (Å²) in [4.78, 5) is 7.91. The van der Waals surface area contributed by atoms with Crippen LogP contribution >= 0.6 is 24.0 Å². The molecule has 0 saturated heterocycles. The molecule has 0 aromatic carbocycles. The van der Waals surface area contributed by atoms with Gasteiger partial charge in [0.25, 0.3) is 0 Å². The second kappa shape index (κ2) is 11.8. The van der Waals surface area contributed by atoms with Crippen LogP contribution in [0.15, 0.2) is 17.4 Å². The van der Waals surface area contributed by atoms with Gasteiger partial charge in [0.15, 0.2) is 5.96 Å². The molecule has 0 spiro atoms. The average molecular weight is 519 g/mol. The molecule has 164 valence electrons. The van der Waals surface area contributed by atoms with Crippen LogP contribution in [0.25, 0.3) is 0 Å². The molecular formula is C18H33F3IN5O. The average Bonchev–Trinajstić information content (AvgIpc) is 2.98. The van der Waals surface area contributed by atoms with Crippen molar-refractivity contribution in [3.63, 3.8) is 0 Å². The van der Waals surface area contributed by atoms with Gasteiger partial charge < -0.3 is 20.3 Å². The number of guanidine groups is 1. The molecule has 3 N–H and O–H groups in total. The third-order valence-electron chi connectivity index (χ3n) is 4.31. The van der Waals surface area contributed by atoms with Crippen LogP contribution in [0.1, 0.15) is 52.8 Å². The van der Waals surface area contributed by atoms with E-state index < -0.39 is 24.0 Å². The van der Waals surface area contributed by atoms with Crippen LogP contribution in [-0.4, -0.2) is 45.9 Å². The molecule has 0 aliphatic rings. The van der Waals surface area contributed by atoms with Crippen molar-refractivity contribution in [3.05, 3.63) is 18.2 Å². The highest BCUT2D eigenvalue weighted by Crippen LogP contribution is 2.40. The molecule has 1 aromatic rings. The highest BCUT2D eigenvalue weighted by molar-refractivity contribution is 14.0. The van der Waals surface area contributed by atoms with Crippen molar-refractivity contribution in [3.8, 4) is 0 Å². The lowest BCUT2D eigenvalue weighted by Crippen LogP contribution is -2.46. The minimum Gasteiger partial charge on any atom is -0.374 e. The van der Waals surface area contributed by atoms with Gasteiger partial charge in [0.1, 0.15) is 5.82 Å². The van der Waals surface area contributed by atoms with Crippen LogP contribution in [0.4, 0.5) is 13.2 Å². The van der Waals surface area contributed by atoms with Gasteiger partial charge in [0.2, 0.25) is 5.60 Å². The van der Waals surface area contributed by atoms with Gasteiger partial charge in [-0.1, -0.05) is 13.8 Å². The summed E-state index contributed by atoms with van der Waals surface area (Å²) in [5.74, 6) is 0.583. The number of alkyl halides is 3. The summed E-state index contributed by atoms with van der Waals surface area (Å²) in [6.45, 7) is 8.56. The van der Waals surface area contributed by atoms with Crippen LogP contribution in [0.5, 0.6) is 0 Å². The number of hydrogen-bond donors (Lipinski definition) is 3. The third kappa shape index (κ3) is 7.76. The Bertz CT molecular complexity index is 606. The Hall–Kier alpha value is -1.04. The number of aliphatic imine (C=N–C) groups is 1. The molecule has 0 bridgehead atoms. The first-order valence-electron chi connectivity index (χ1n) is 9.33. The van der Waals surface area contributed by atoms with E-state index in [-0.39, 0.29) is 36.6 Å². The maximum Gasteiger partial charge on any atom is 0.424 e. The SMILES string of the molecule is CCNC(=NCCC(O)(c1nccn1C)C(F)(F)F)NC(C)CCC(C)C.I. The van der Waals surface area contributed by atoms with Crippen LogP contribution in [0.3, 0.4) is 0 Å². The molecular weight excluding hydrogens is 486 g/mol. The summed E-state index contributed by atoms with van der Waals surface area (Å²) in [5, 5.41) is 16.6. The lowest BCUT2D eigenvalue weighted by molar-refractivity contribution is -0.272. The molecule has 28 heavy (non-hydrogen) atoms. The van der Waals surface area contributed by atoms with Crippen LogP contribution < -0.4 is 10.6 Å². The summed E-state index contributed by atoms with van der Waals surface area (Å²) >= 11 is 0. The molecule has 1 heterocycles. The number of nitrogens with zero attached hydrogens (tertiary/aromatic N) is 3. The molecule has 0 amide bonds. The summed E-state index contributed by atoms with van der Waals surface area (Å²) in [7, 11) is 1.42. The monoisotopic (exact) mass is 519 g/mol. The molecule has 0 saturated carbocycles. The highest BCUT2D eigenvalue weighted by Gasteiger charge is 2.57. The number of aromatic nitrogens is 2. The van der Waals surface area contributed by atoms with Crippen molar-refractivity contribution >= 4 is 29.9 Å². The van der Waals surface area contributed by atoms with E-state index in [9.17, 15) is 18.3 Å². The lowest BCUT2D eigenvalue weighted by atomic mass is 9.98. The first-order valence-corrected chi connectivity index (χ1v) is 9.33. The minimum atomic E-state index is -4.85. The van der Waals surface area contributed by atoms with Crippen molar-refractivity contribution in [1.82, 2.24) is 20.2 Å². The summed E-state index contributed by atoms with van der Waals surface area (Å²) in [6, 6.07) is 0.140. The van der Waals surface area contributed by atoms with E-state index in [0.717, 1.165) is 12.8 Å². The highest BCUT2D eigenvalue weighted by atomic mass is 127. The third-order valence-corrected chi connectivity index (χ3v) is 4.31. The van der Waals surface area contributed by atoms with E-state index >= 15 is 0 Å². The second-order valence-corrected chi connectivity index (χ2v) is 7.25. The predicted molar refractivity (Wildman–Crippen MR) is 116 cm³/mol. The van der Waals surface area contributed by atoms with Gasteiger partial charge in [-0.2, -0.15) is 13.2 Å². The van der Waals surface area contributed by atoms with Gasteiger partial charge in [-0.25, -0.2) is 4.98 Å².